The number of para-hydroxylation sites is 1. The topological polar surface area (TPSA) is 46.5 Å². The van der Waals surface area contributed by atoms with Gasteiger partial charge >= 0.3 is 5.97 Å². The zero-order valence-corrected chi connectivity index (χ0v) is 14.6. The van der Waals surface area contributed by atoms with Crippen LogP contribution in [0.15, 0.2) is 24.3 Å². The number of ether oxygens (including phenoxy) is 1. The molecule has 1 rings (SSSR count). The summed E-state index contributed by atoms with van der Waals surface area (Å²) in [5.41, 5.74) is 1.30. The minimum absolute atomic E-state index is 0.259. The maximum absolute atomic E-state index is 10.5. The van der Waals surface area contributed by atoms with Crippen LogP contribution >= 0.6 is 0 Å². The van der Waals surface area contributed by atoms with Crippen molar-refractivity contribution in [3.8, 4) is 5.75 Å². The highest BCUT2D eigenvalue weighted by Gasteiger charge is 2.03. The Hall–Kier alpha value is -1.51. The second kappa shape index (κ2) is 13.0. The molecule has 0 unspecified atom stereocenters. The van der Waals surface area contributed by atoms with Gasteiger partial charge in [-0.1, -0.05) is 57.2 Å². The Bertz CT molecular complexity index is 429. The van der Waals surface area contributed by atoms with E-state index < -0.39 is 5.97 Å². The van der Waals surface area contributed by atoms with Gasteiger partial charge in [0.1, 0.15) is 5.75 Å². The Morgan fingerprint density at radius 2 is 1.65 bits per heavy atom. The van der Waals surface area contributed by atoms with E-state index in [1.165, 1.54) is 44.1 Å². The number of hydrogen-bond donors (Lipinski definition) is 1. The summed E-state index contributed by atoms with van der Waals surface area (Å²) >= 11 is 0. The lowest BCUT2D eigenvalue weighted by Gasteiger charge is -2.11. The highest BCUT2D eigenvalue weighted by Crippen LogP contribution is 2.21. The Morgan fingerprint density at radius 1 is 0.957 bits per heavy atom. The maximum atomic E-state index is 10.5. The smallest absolute Gasteiger partial charge is 0.303 e. The van der Waals surface area contributed by atoms with E-state index in [-0.39, 0.29) is 6.42 Å². The first-order chi connectivity index (χ1) is 11.2. The summed E-state index contributed by atoms with van der Waals surface area (Å²) < 4.78 is 5.89. The standard InChI is InChI=1S/C20H32O3/c1-2-3-4-5-6-8-13-18-14-10-11-15-19(18)23-17-12-7-9-16-20(21)22/h10-11,14-15H,2-9,12-13,16-17H2,1H3,(H,21,22). The first-order valence-corrected chi connectivity index (χ1v) is 9.16. The van der Waals surface area contributed by atoms with Crippen LogP contribution in [0.2, 0.25) is 0 Å². The molecule has 0 aromatic heterocycles. The molecule has 0 bridgehead atoms. The van der Waals surface area contributed by atoms with Crippen LogP contribution in [-0.4, -0.2) is 17.7 Å². The summed E-state index contributed by atoms with van der Waals surface area (Å²) in [4.78, 5) is 10.5. The average Bonchev–Trinajstić information content (AvgIpc) is 2.55. The van der Waals surface area contributed by atoms with Crippen LogP contribution in [0.5, 0.6) is 5.75 Å². The molecule has 0 aliphatic heterocycles. The van der Waals surface area contributed by atoms with Crippen LogP contribution in [0, 0.1) is 0 Å². The lowest BCUT2D eigenvalue weighted by molar-refractivity contribution is -0.137. The molecule has 1 aromatic rings. The van der Waals surface area contributed by atoms with Crippen molar-refractivity contribution in [3.05, 3.63) is 29.8 Å². The predicted molar refractivity (Wildman–Crippen MR) is 95.1 cm³/mol. The number of aryl methyl sites for hydroxylation is 1. The molecule has 3 heteroatoms. The predicted octanol–water partition coefficient (Wildman–Crippen LogP) is 5.61. The van der Waals surface area contributed by atoms with E-state index in [0.717, 1.165) is 31.4 Å². The highest BCUT2D eigenvalue weighted by molar-refractivity contribution is 5.66. The van der Waals surface area contributed by atoms with E-state index in [2.05, 4.69) is 19.1 Å². The van der Waals surface area contributed by atoms with Gasteiger partial charge in [-0.25, -0.2) is 0 Å². The van der Waals surface area contributed by atoms with Crippen LogP contribution in [0.3, 0.4) is 0 Å². The van der Waals surface area contributed by atoms with Gasteiger partial charge in [0.2, 0.25) is 0 Å². The molecular weight excluding hydrogens is 288 g/mol. The van der Waals surface area contributed by atoms with Crippen molar-refractivity contribution in [2.75, 3.05) is 6.61 Å². The molecule has 0 saturated carbocycles. The summed E-state index contributed by atoms with van der Waals surface area (Å²) in [7, 11) is 0. The molecular formula is C20H32O3. The Morgan fingerprint density at radius 3 is 2.43 bits per heavy atom. The molecule has 0 spiro atoms. The number of carbonyl (C=O) groups is 1. The SMILES string of the molecule is CCCCCCCCc1ccccc1OCCCCCC(=O)O. The highest BCUT2D eigenvalue weighted by atomic mass is 16.5. The van der Waals surface area contributed by atoms with Crippen LogP contribution in [0.25, 0.3) is 0 Å². The van der Waals surface area contributed by atoms with Crippen LogP contribution in [-0.2, 0) is 11.2 Å². The maximum Gasteiger partial charge on any atom is 0.303 e. The molecule has 1 aromatic carbocycles. The number of hydrogen-bond acceptors (Lipinski definition) is 2. The van der Waals surface area contributed by atoms with Crippen molar-refractivity contribution in [1.29, 1.82) is 0 Å². The summed E-state index contributed by atoms with van der Waals surface area (Å²) in [5.74, 6) is 0.287. The summed E-state index contributed by atoms with van der Waals surface area (Å²) in [6.45, 7) is 2.92. The molecule has 3 nitrogen and oxygen atoms in total. The third-order valence-electron chi connectivity index (χ3n) is 4.06. The van der Waals surface area contributed by atoms with E-state index in [0.29, 0.717) is 6.61 Å². The second-order valence-corrected chi connectivity index (χ2v) is 6.18. The van der Waals surface area contributed by atoms with Gasteiger partial charge in [-0.05, 0) is 43.7 Å². The zero-order chi connectivity index (χ0) is 16.8. The third-order valence-corrected chi connectivity index (χ3v) is 4.06. The average molecular weight is 320 g/mol. The van der Waals surface area contributed by atoms with Crippen LogP contribution in [0.4, 0.5) is 0 Å². The molecule has 0 aliphatic carbocycles. The Kier molecular flexibility index (Phi) is 11.0. The molecule has 0 heterocycles. The fourth-order valence-corrected chi connectivity index (χ4v) is 2.68. The number of rotatable bonds is 14. The van der Waals surface area contributed by atoms with Gasteiger partial charge < -0.3 is 9.84 Å². The number of benzene rings is 1. The summed E-state index contributed by atoms with van der Waals surface area (Å²) in [5, 5.41) is 8.60. The Balaban J connectivity index is 2.21. The monoisotopic (exact) mass is 320 g/mol. The van der Waals surface area contributed by atoms with E-state index in [9.17, 15) is 4.79 Å². The van der Waals surface area contributed by atoms with Crippen molar-refractivity contribution < 1.29 is 14.6 Å². The van der Waals surface area contributed by atoms with Gasteiger partial charge in [0, 0.05) is 6.42 Å². The first kappa shape index (κ1) is 19.5. The zero-order valence-electron chi connectivity index (χ0n) is 14.6. The van der Waals surface area contributed by atoms with Gasteiger partial charge in [0.25, 0.3) is 0 Å². The lowest BCUT2D eigenvalue weighted by Crippen LogP contribution is -2.01. The number of unbranched alkanes of at least 4 members (excludes halogenated alkanes) is 7. The first-order valence-electron chi connectivity index (χ1n) is 9.16. The van der Waals surface area contributed by atoms with Crippen LogP contribution < -0.4 is 4.74 Å². The van der Waals surface area contributed by atoms with E-state index >= 15 is 0 Å². The Labute approximate surface area is 141 Å². The molecule has 0 atom stereocenters. The molecule has 0 amide bonds. The van der Waals surface area contributed by atoms with Crippen molar-refractivity contribution >= 4 is 5.97 Å². The lowest BCUT2D eigenvalue weighted by atomic mass is 10.0. The molecule has 23 heavy (non-hydrogen) atoms. The van der Waals surface area contributed by atoms with Crippen molar-refractivity contribution in [2.45, 2.75) is 77.6 Å². The van der Waals surface area contributed by atoms with E-state index in [1.54, 1.807) is 0 Å². The second-order valence-electron chi connectivity index (χ2n) is 6.18. The molecule has 1 N–H and O–H groups in total. The largest absolute Gasteiger partial charge is 0.493 e. The summed E-state index contributed by atoms with van der Waals surface area (Å²) in [6.07, 6.45) is 11.8. The normalized spacial score (nSPS) is 10.7. The number of aliphatic carboxylic acids is 1. The fourth-order valence-electron chi connectivity index (χ4n) is 2.68. The number of carboxylic acids is 1. The van der Waals surface area contributed by atoms with Gasteiger partial charge in [0.15, 0.2) is 0 Å². The molecule has 0 fully saturated rings. The number of carboxylic acid groups (broad SMARTS) is 1. The van der Waals surface area contributed by atoms with E-state index in [1.807, 2.05) is 12.1 Å². The van der Waals surface area contributed by atoms with Crippen molar-refractivity contribution in [2.24, 2.45) is 0 Å². The minimum Gasteiger partial charge on any atom is -0.493 e. The van der Waals surface area contributed by atoms with Crippen LogP contribution in [0.1, 0.15) is 76.7 Å². The molecule has 130 valence electrons. The van der Waals surface area contributed by atoms with E-state index in [4.69, 9.17) is 9.84 Å². The van der Waals surface area contributed by atoms with Crippen molar-refractivity contribution in [1.82, 2.24) is 0 Å². The molecule has 0 radical (unpaired) electrons. The molecule has 0 aliphatic rings. The van der Waals surface area contributed by atoms with Gasteiger partial charge in [-0.3, -0.25) is 4.79 Å². The van der Waals surface area contributed by atoms with Gasteiger partial charge in [-0.15, -0.1) is 0 Å². The molecule has 0 saturated heterocycles. The fraction of sp³-hybridized carbons (Fsp3) is 0.650. The minimum atomic E-state index is -0.713. The van der Waals surface area contributed by atoms with Gasteiger partial charge in [-0.2, -0.15) is 0 Å². The van der Waals surface area contributed by atoms with Gasteiger partial charge in [0.05, 0.1) is 6.61 Å². The van der Waals surface area contributed by atoms with Crippen molar-refractivity contribution in [3.63, 3.8) is 0 Å². The third kappa shape index (κ3) is 9.98. The quantitative estimate of drug-likeness (QED) is 0.453. The summed E-state index contributed by atoms with van der Waals surface area (Å²) in [6, 6.07) is 8.30.